The Hall–Kier alpha value is -3.92. The first kappa shape index (κ1) is 27.3. The monoisotopic (exact) mass is 482 g/mol. The highest BCUT2D eigenvalue weighted by Gasteiger charge is 2.32. The zero-order valence-electron chi connectivity index (χ0n) is 19.8. The maximum absolute atomic E-state index is 13.3. The van der Waals surface area contributed by atoms with Crippen LogP contribution in [0.15, 0.2) is 60.7 Å². The number of nitrogens with one attached hydrogen (secondary N) is 3. The highest BCUT2D eigenvalue weighted by molar-refractivity contribution is 5.92. The summed E-state index contributed by atoms with van der Waals surface area (Å²) in [5.74, 6) is -2.33. The molecule has 0 aliphatic heterocycles. The first-order valence-electron chi connectivity index (χ1n) is 11.4. The standard InChI is InChI=1S/C25H34N6O4/c1-31(23(33)19(26)13-8-14-29-25(27)28)21(16-18-11-6-3-7-12-18)22(32)30-20(24(34)35)15-17-9-4-2-5-10-17/h2-7,9-12,19-21H,8,13-16,26H2,1H3,(H,30,32)(H,34,35)(H4,27,28,29)/t19-,20-,21-/m0/s1. The van der Waals surface area contributed by atoms with E-state index in [1.54, 1.807) is 24.3 Å². The normalized spacial score (nSPS) is 13.2. The third-order valence-electron chi connectivity index (χ3n) is 5.61. The number of carbonyl (C=O) groups excluding carboxylic acids is 2. The molecule has 0 saturated carbocycles. The number of carboxylic acids is 1. The molecule has 0 fully saturated rings. The van der Waals surface area contributed by atoms with Crippen LogP contribution in [0.4, 0.5) is 0 Å². The maximum atomic E-state index is 13.3. The van der Waals surface area contributed by atoms with Crippen molar-refractivity contribution in [1.29, 1.82) is 5.41 Å². The van der Waals surface area contributed by atoms with Gasteiger partial charge in [-0.15, -0.1) is 0 Å². The quantitative estimate of drug-likeness (QED) is 0.137. The van der Waals surface area contributed by atoms with Crippen molar-refractivity contribution in [2.75, 3.05) is 13.6 Å². The average Bonchev–Trinajstić information content (AvgIpc) is 2.84. The second-order valence-corrected chi connectivity index (χ2v) is 8.33. The molecule has 0 aromatic heterocycles. The van der Waals surface area contributed by atoms with Gasteiger partial charge in [-0.1, -0.05) is 60.7 Å². The van der Waals surface area contributed by atoms with Gasteiger partial charge in [0.2, 0.25) is 11.8 Å². The van der Waals surface area contributed by atoms with Crippen molar-refractivity contribution in [3.8, 4) is 0 Å². The molecule has 10 heteroatoms. The summed E-state index contributed by atoms with van der Waals surface area (Å²) in [4.78, 5) is 39.5. The van der Waals surface area contributed by atoms with E-state index in [9.17, 15) is 19.5 Å². The van der Waals surface area contributed by atoms with Crippen LogP contribution in [-0.2, 0) is 27.2 Å². The summed E-state index contributed by atoms with van der Waals surface area (Å²) in [6.45, 7) is 0.397. The van der Waals surface area contributed by atoms with Gasteiger partial charge in [-0.25, -0.2) is 4.79 Å². The summed E-state index contributed by atoms with van der Waals surface area (Å²) in [6.07, 6.45) is 1.15. The topological polar surface area (TPSA) is 175 Å². The number of nitrogens with zero attached hydrogens (tertiary/aromatic N) is 1. The Morgan fingerprint density at radius 1 is 1.00 bits per heavy atom. The number of carboxylic acid groups (broad SMARTS) is 1. The molecule has 0 heterocycles. The lowest BCUT2D eigenvalue weighted by atomic mass is 10.0. The molecule has 0 aliphatic rings. The van der Waals surface area contributed by atoms with Gasteiger partial charge in [0.1, 0.15) is 12.1 Å². The van der Waals surface area contributed by atoms with Crippen LogP contribution in [0, 0.1) is 5.41 Å². The number of benzene rings is 2. The molecule has 10 nitrogen and oxygen atoms in total. The van der Waals surface area contributed by atoms with Gasteiger partial charge in [-0.3, -0.25) is 15.0 Å². The summed E-state index contributed by atoms with van der Waals surface area (Å²) in [6, 6.07) is 15.2. The number of hydrogen-bond donors (Lipinski definition) is 6. The van der Waals surface area contributed by atoms with Crippen LogP contribution in [-0.4, -0.2) is 65.5 Å². The Balaban J connectivity index is 2.15. The van der Waals surface area contributed by atoms with E-state index in [4.69, 9.17) is 16.9 Å². The third kappa shape index (κ3) is 9.09. The van der Waals surface area contributed by atoms with Gasteiger partial charge in [-0.2, -0.15) is 0 Å². The Morgan fingerprint density at radius 2 is 1.54 bits per heavy atom. The molecular formula is C25H34N6O4. The molecule has 8 N–H and O–H groups in total. The van der Waals surface area contributed by atoms with Crippen LogP contribution in [0.25, 0.3) is 0 Å². The van der Waals surface area contributed by atoms with Crippen LogP contribution >= 0.6 is 0 Å². The zero-order chi connectivity index (χ0) is 25.8. The number of likely N-dealkylation sites (N-methyl/N-ethyl adjacent to an activating group) is 1. The van der Waals surface area contributed by atoms with Crippen LogP contribution in [0.5, 0.6) is 0 Å². The Bertz CT molecular complexity index is 986. The van der Waals surface area contributed by atoms with E-state index in [0.29, 0.717) is 19.4 Å². The number of hydrogen-bond acceptors (Lipinski definition) is 5. The number of carbonyl (C=O) groups is 3. The molecular weight excluding hydrogens is 448 g/mol. The van der Waals surface area contributed by atoms with Crippen LogP contribution in [0.3, 0.4) is 0 Å². The van der Waals surface area contributed by atoms with Crippen molar-refractivity contribution in [1.82, 2.24) is 15.5 Å². The molecule has 0 spiro atoms. The minimum atomic E-state index is -1.16. The molecule has 35 heavy (non-hydrogen) atoms. The molecule has 2 aromatic rings. The van der Waals surface area contributed by atoms with Gasteiger partial charge in [0.25, 0.3) is 0 Å². The van der Waals surface area contributed by atoms with E-state index in [1.807, 2.05) is 36.4 Å². The van der Waals surface area contributed by atoms with Crippen molar-refractivity contribution >= 4 is 23.7 Å². The van der Waals surface area contributed by atoms with Gasteiger partial charge in [0.05, 0.1) is 6.04 Å². The van der Waals surface area contributed by atoms with Gasteiger partial charge < -0.3 is 32.1 Å². The summed E-state index contributed by atoms with van der Waals surface area (Å²) >= 11 is 0. The highest BCUT2D eigenvalue weighted by atomic mass is 16.4. The SMILES string of the molecule is CN(C(=O)[C@@H](N)CCCNC(=N)N)[C@@H](Cc1ccccc1)C(=O)N[C@@H](Cc1ccccc1)C(=O)O. The largest absolute Gasteiger partial charge is 0.480 e. The second-order valence-electron chi connectivity index (χ2n) is 8.33. The lowest BCUT2D eigenvalue weighted by Crippen LogP contribution is -2.56. The summed E-state index contributed by atoms with van der Waals surface area (Å²) < 4.78 is 0. The third-order valence-corrected chi connectivity index (χ3v) is 5.61. The van der Waals surface area contributed by atoms with Crippen LogP contribution in [0.1, 0.15) is 24.0 Å². The van der Waals surface area contributed by atoms with E-state index >= 15 is 0 Å². The fourth-order valence-corrected chi connectivity index (χ4v) is 3.64. The lowest BCUT2D eigenvalue weighted by molar-refractivity contribution is -0.144. The number of guanidine groups is 1. The molecule has 188 valence electrons. The number of nitrogens with two attached hydrogens (primary N) is 2. The van der Waals surface area contributed by atoms with E-state index in [1.165, 1.54) is 11.9 Å². The van der Waals surface area contributed by atoms with E-state index in [2.05, 4.69) is 10.6 Å². The van der Waals surface area contributed by atoms with Gasteiger partial charge in [-0.05, 0) is 24.0 Å². The average molecular weight is 483 g/mol. The predicted octanol–water partition coefficient (Wildman–Crippen LogP) is 0.459. The fraction of sp³-hybridized carbons (Fsp3) is 0.360. The Morgan fingerprint density at radius 3 is 2.06 bits per heavy atom. The number of rotatable bonds is 13. The molecule has 0 saturated heterocycles. The minimum absolute atomic E-state index is 0.111. The van der Waals surface area contributed by atoms with Crippen molar-refractivity contribution < 1.29 is 19.5 Å². The van der Waals surface area contributed by atoms with Gasteiger partial charge in [0, 0.05) is 26.4 Å². The fourth-order valence-electron chi connectivity index (χ4n) is 3.64. The summed E-state index contributed by atoms with van der Waals surface area (Å²) in [7, 11) is 1.50. The molecule has 0 radical (unpaired) electrons. The van der Waals surface area contributed by atoms with Gasteiger partial charge >= 0.3 is 5.97 Å². The van der Waals surface area contributed by atoms with Gasteiger partial charge in [0.15, 0.2) is 5.96 Å². The smallest absolute Gasteiger partial charge is 0.326 e. The molecule has 0 bridgehead atoms. The van der Waals surface area contributed by atoms with Crippen molar-refractivity contribution in [2.45, 2.75) is 43.8 Å². The van der Waals surface area contributed by atoms with Crippen LogP contribution < -0.4 is 22.1 Å². The molecule has 0 aliphatic carbocycles. The summed E-state index contributed by atoms with van der Waals surface area (Å²) in [5, 5.41) is 22.1. The van der Waals surface area contributed by atoms with E-state index in [-0.39, 0.29) is 18.8 Å². The first-order valence-corrected chi connectivity index (χ1v) is 11.4. The number of amides is 2. The highest BCUT2D eigenvalue weighted by Crippen LogP contribution is 2.12. The minimum Gasteiger partial charge on any atom is -0.480 e. The predicted molar refractivity (Wildman–Crippen MR) is 134 cm³/mol. The maximum Gasteiger partial charge on any atom is 0.326 e. The summed E-state index contributed by atoms with van der Waals surface area (Å²) in [5.41, 5.74) is 12.9. The van der Waals surface area contributed by atoms with Crippen LogP contribution in [0.2, 0.25) is 0 Å². The molecule has 2 rings (SSSR count). The van der Waals surface area contributed by atoms with Crippen molar-refractivity contribution in [3.63, 3.8) is 0 Å². The Labute approximate surface area is 205 Å². The molecule has 2 aromatic carbocycles. The molecule has 3 atom stereocenters. The van der Waals surface area contributed by atoms with E-state index < -0.39 is 35.9 Å². The molecule has 2 amide bonds. The second kappa shape index (κ2) is 13.7. The van der Waals surface area contributed by atoms with E-state index in [0.717, 1.165) is 11.1 Å². The molecule has 0 unspecified atom stereocenters. The number of aliphatic carboxylic acids is 1. The van der Waals surface area contributed by atoms with Crippen molar-refractivity contribution in [2.24, 2.45) is 11.5 Å². The lowest BCUT2D eigenvalue weighted by Gasteiger charge is -2.30. The van der Waals surface area contributed by atoms with Crippen molar-refractivity contribution in [3.05, 3.63) is 71.8 Å². The Kier molecular flexibility index (Phi) is 10.7. The first-order chi connectivity index (χ1) is 16.7. The zero-order valence-corrected chi connectivity index (χ0v) is 19.8.